The molecule has 1 heterocycles. The zero-order valence-electron chi connectivity index (χ0n) is 6.56. The Kier molecular flexibility index (Phi) is 2.51. The normalized spacial score (nSPS) is 17.5. The highest BCUT2D eigenvalue weighted by molar-refractivity contribution is 9.11. The van der Waals surface area contributed by atoms with Crippen molar-refractivity contribution >= 4 is 31.9 Å². The van der Waals surface area contributed by atoms with Gasteiger partial charge in [-0.3, -0.25) is 0 Å². The van der Waals surface area contributed by atoms with E-state index in [0.717, 1.165) is 10.5 Å². The van der Waals surface area contributed by atoms with E-state index in [1.807, 2.05) is 12.3 Å². The van der Waals surface area contributed by atoms with Gasteiger partial charge in [0.2, 0.25) is 0 Å². The molecule has 0 unspecified atom stereocenters. The van der Waals surface area contributed by atoms with Crippen LogP contribution in [0.4, 0.5) is 0 Å². The first kappa shape index (κ1) is 8.70. The summed E-state index contributed by atoms with van der Waals surface area (Å²) in [5.41, 5.74) is 1.35. The topological polar surface area (TPSA) is 12.9 Å². The Bertz CT molecular complexity index is 274. The van der Waals surface area contributed by atoms with Crippen molar-refractivity contribution in [1.29, 1.82) is 0 Å². The van der Waals surface area contributed by atoms with Crippen LogP contribution < -0.4 is 0 Å². The molecule has 0 bridgehead atoms. The lowest BCUT2D eigenvalue weighted by Crippen LogP contribution is -2.10. The summed E-state index contributed by atoms with van der Waals surface area (Å²) in [6.45, 7) is 0. The van der Waals surface area contributed by atoms with Crippen LogP contribution in [0.25, 0.3) is 0 Å². The molecule has 0 aromatic carbocycles. The average Bonchev–Trinajstić information content (AvgIpc) is 1.93. The van der Waals surface area contributed by atoms with Gasteiger partial charge in [0.25, 0.3) is 0 Å². The fraction of sp³-hybridized carbons (Fsp3) is 0.444. The first-order valence-corrected chi connectivity index (χ1v) is 5.67. The first-order chi connectivity index (χ1) is 5.79. The average molecular weight is 291 g/mol. The predicted octanol–water partition coefficient (Wildman–Crippen LogP) is 3.87. The van der Waals surface area contributed by atoms with Crippen molar-refractivity contribution in [2.24, 2.45) is 0 Å². The molecule has 2 rings (SSSR count). The SMILES string of the molecule is Brc1ccnc(Br)c1C1CCC1. The molecule has 1 aromatic heterocycles. The van der Waals surface area contributed by atoms with E-state index in [1.165, 1.54) is 29.3 Å². The molecule has 1 fully saturated rings. The Labute approximate surface area is 88.8 Å². The van der Waals surface area contributed by atoms with E-state index in [9.17, 15) is 0 Å². The maximum Gasteiger partial charge on any atom is 0.110 e. The second kappa shape index (κ2) is 3.46. The van der Waals surface area contributed by atoms with Crippen molar-refractivity contribution in [2.75, 3.05) is 0 Å². The minimum Gasteiger partial charge on any atom is -0.249 e. The molecule has 3 heteroatoms. The van der Waals surface area contributed by atoms with Crippen molar-refractivity contribution in [3.05, 3.63) is 26.9 Å². The van der Waals surface area contributed by atoms with Gasteiger partial charge < -0.3 is 0 Å². The summed E-state index contributed by atoms with van der Waals surface area (Å²) in [7, 11) is 0. The van der Waals surface area contributed by atoms with Crippen LogP contribution in [-0.2, 0) is 0 Å². The number of halogens is 2. The lowest BCUT2D eigenvalue weighted by molar-refractivity contribution is 0.416. The van der Waals surface area contributed by atoms with Gasteiger partial charge in [-0.2, -0.15) is 0 Å². The maximum atomic E-state index is 4.23. The van der Waals surface area contributed by atoms with Crippen LogP contribution in [-0.4, -0.2) is 4.98 Å². The predicted molar refractivity (Wildman–Crippen MR) is 56.2 cm³/mol. The fourth-order valence-electron chi connectivity index (χ4n) is 1.49. The Morgan fingerprint density at radius 2 is 2.08 bits per heavy atom. The summed E-state index contributed by atoms with van der Waals surface area (Å²) in [5.74, 6) is 0.724. The molecule has 1 nitrogen and oxygen atoms in total. The van der Waals surface area contributed by atoms with Crippen LogP contribution in [0.1, 0.15) is 30.7 Å². The number of nitrogens with zero attached hydrogens (tertiary/aromatic N) is 1. The van der Waals surface area contributed by atoms with E-state index in [0.29, 0.717) is 0 Å². The van der Waals surface area contributed by atoms with E-state index < -0.39 is 0 Å². The van der Waals surface area contributed by atoms with Gasteiger partial charge in [0, 0.05) is 16.2 Å². The summed E-state index contributed by atoms with van der Waals surface area (Å²) in [4.78, 5) is 4.23. The fourth-order valence-corrected chi connectivity index (χ4v) is 3.04. The van der Waals surface area contributed by atoms with Gasteiger partial charge in [-0.05, 0) is 40.8 Å². The Morgan fingerprint density at radius 1 is 1.33 bits per heavy atom. The van der Waals surface area contributed by atoms with Crippen LogP contribution in [0.5, 0.6) is 0 Å². The molecule has 0 aliphatic heterocycles. The summed E-state index contributed by atoms with van der Waals surface area (Å²) < 4.78 is 2.19. The van der Waals surface area contributed by atoms with Gasteiger partial charge in [0.15, 0.2) is 0 Å². The second-order valence-electron chi connectivity index (χ2n) is 3.13. The minimum atomic E-state index is 0.724. The molecule has 0 saturated heterocycles. The van der Waals surface area contributed by atoms with Gasteiger partial charge in [-0.1, -0.05) is 22.4 Å². The largest absolute Gasteiger partial charge is 0.249 e. The third kappa shape index (κ3) is 1.44. The Morgan fingerprint density at radius 3 is 2.58 bits per heavy atom. The molecule has 1 aromatic rings. The van der Waals surface area contributed by atoms with Crippen molar-refractivity contribution in [2.45, 2.75) is 25.2 Å². The van der Waals surface area contributed by atoms with E-state index >= 15 is 0 Å². The van der Waals surface area contributed by atoms with Crippen LogP contribution in [0.3, 0.4) is 0 Å². The Balaban J connectivity index is 2.39. The number of rotatable bonds is 1. The minimum absolute atomic E-state index is 0.724. The van der Waals surface area contributed by atoms with Gasteiger partial charge in [0.1, 0.15) is 4.60 Å². The summed E-state index contributed by atoms with van der Waals surface area (Å²) in [5, 5.41) is 0. The highest BCUT2D eigenvalue weighted by Gasteiger charge is 2.24. The van der Waals surface area contributed by atoms with Crippen LogP contribution in [0.2, 0.25) is 0 Å². The molecular weight excluding hydrogens is 282 g/mol. The molecular formula is C9H9Br2N. The van der Waals surface area contributed by atoms with Crippen molar-refractivity contribution in [1.82, 2.24) is 4.98 Å². The zero-order valence-corrected chi connectivity index (χ0v) is 9.73. The van der Waals surface area contributed by atoms with E-state index in [1.54, 1.807) is 0 Å². The maximum absolute atomic E-state index is 4.23. The summed E-state index contributed by atoms with van der Waals surface area (Å²) >= 11 is 7.03. The van der Waals surface area contributed by atoms with Crippen LogP contribution in [0, 0.1) is 0 Å². The van der Waals surface area contributed by atoms with E-state index in [2.05, 4.69) is 36.8 Å². The summed E-state index contributed by atoms with van der Waals surface area (Å²) in [6.07, 6.45) is 5.79. The van der Waals surface area contributed by atoms with Gasteiger partial charge in [0.05, 0.1) is 0 Å². The third-order valence-corrected chi connectivity index (χ3v) is 3.73. The molecule has 12 heavy (non-hydrogen) atoms. The van der Waals surface area contributed by atoms with Crippen LogP contribution in [0.15, 0.2) is 21.3 Å². The quantitative estimate of drug-likeness (QED) is 0.716. The highest BCUT2D eigenvalue weighted by atomic mass is 79.9. The highest BCUT2D eigenvalue weighted by Crippen LogP contribution is 2.42. The standard InChI is InChI=1S/C9H9Br2N/c10-7-4-5-12-9(11)8(7)6-2-1-3-6/h4-6H,1-3H2. The number of pyridine rings is 1. The molecule has 0 amide bonds. The van der Waals surface area contributed by atoms with Crippen molar-refractivity contribution in [3.63, 3.8) is 0 Å². The lowest BCUT2D eigenvalue weighted by atomic mass is 9.81. The number of aromatic nitrogens is 1. The number of hydrogen-bond acceptors (Lipinski definition) is 1. The van der Waals surface area contributed by atoms with E-state index in [4.69, 9.17) is 0 Å². The molecule has 1 saturated carbocycles. The van der Waals surface area contributed by atoms with E-state index in [-0.39, 0.29) is 0 Å². The monoisotopic (exact) mass is 289 g/mol. The molecule has 0 N–H and O–H groups in total. The van der Waals surface area contributed by atoms with Crippen LogP contribution >= 0.6 is 31.9 Å². The van der Waals surface area contributed by atoms with Gasteiger partial charge in [-0.25, -0.2) is 4.98 Å². The molecule has 1 aliphatic rings. The molecule has 0 spiro atoms. The lowest BCUT2D eigenvalue weighted by Gasteiger charge is -2.27. The summed E-state index contributed by atoms with van der Waals surface area (Å²) in [6, 6.07) is 2.01. The smallest absolute Gasteiger partial charge is 0.110 e. The molecule has 1 aliphatic carbocycles. The number of hydrogen-bond donors (Lipinski definition) is 0. The second-order valence-corrected chi connectivity index (χ2v) is 4.73. The zero-order chi connectivity index (χ0) is 8.55. The third-order valence-electron chi connectivity index (χ3n) is 2.40. The van der Waals surface area contributed by atoms with Crippen molar-refractivity contribution in [3.8, 4) is 0 Å². The van der Waals surface area contributed by atoms with Gasteiger partial charge >= 0.3 is 0 Å². The molecule has 64 valence electrons. The molecule has 0 radical (unpaired) electrons. The first-order valence-electron chi connectivity index (χ1n) is 4.09. The van der Waals surface area contributed by atoms with Gasteiger partial charge in [-0.15, -0.1) is 0 Å². The Hall–Kier alpha value is 0.110. The molecule has 0 atom stereocenters. The van der Waals surface area contributed by atoms with Crippen molar-refractivity contribution < 1.29 is 0 Å².